The number of likely N-dealkylation sites (N-methyl/N-ethyl adjacent to an activating group) is 1. The standard InChI is InChI=1S/C6H13N3S/c1-7-6(10)8-5-3-9(2)4-5/h5H,3-4H2,1-2H3,(H2,7,8,10). The van der Waals surface area contributed by atoms with Crippen LogP contribution >= 0.6 is 12.2 Å². The molecule has 1 rings (SSSR count). The molecule has 58 valence electrons. The van der Waals surface area contributed by atoms with Crippen molar-refractivity contribution in [1.29, 1.82) is 0 Å². The number of likely N-dealkylation sites (tertiary alicyclic amines) is 1. The summed E-state index contributed by atoms with van der Waals surface area (Å²) in [6.45, 7) is 2.20. The van der Waals surface area contributed by atoms with E-state index in [1.54, 1.807) is 0 Å². The minimum atomic E-state index is 0.560. The Morgan fingerprint density at radius 2 is 2.20 bits per heavy atom. The predicted molar refractivity (Wildman–Crippen MR) is 46.1 cm³/mol. The third-order valence-electron chi connectivity index (χ3n) is 1.63. The van der Waals surface area contributed by atoms with E-state index in [0.29, 0.717) is 6.04 Å². The maximum atomic E-state index is 4.93. The molecule has 0 aromatic rings. The molecule has 3 nitrogen and oxygen atoms in total. The molecule has 0 bridgehead atoms. The molecule has 1 fully saturated rings. The Labute approximate surface area is 66.8 Å². The first-order chi connectivity index (χ1) is 4.72. The average molecular weight is 159 g/mol. The lowest BCUT2D eigenvalue weighted by Gasteiger charge is -2.37. The maximum Gasteiger partial charge on any atom is 0.166 e. The normalized spacial score (nSPS) is 19.8. The van der Waals surface area contributed by atoms with Gasteiger partial charge in [-0.15, -0.1) is 0 Å². The molecule has 4 heteroatoms. The molecule has 0 spiro atoms. The van der Waals surface area contributed by atoms with Crippen LogP contribution in [0.2, 0.25) is 0 Å². The second-order valence-electron chi connectivity index (χ2n) is 2.64. The number of nitrogens with zero attached hydrogens (tertiary/aromatic N) is 1. The molecule has 0 aliphatic carbocycles. The molecule has 0 atom stereocenters. The van der Waals surface area contributed by atoms with Crippen LogP contribution in [0.1, 0.15) is 0 Å². The summed E-state index contributed by atoms with van der Waals surface area (Å²) in [5.41, 5.74) is 0. The number of nitrogens with one attached hydrogen (secondary N) is 2. The second kappa shape index (κ2) is 3.16. The van der Waals surface area contributed by atoms with Crippen molar-refractivity contribution in [3.05, 3.63) is 0 Å². The Bertz CT molecular complexity index is 131. The van der Waals surface area contributed by atoms with Crippen LogP contribution in [0.4, 0.5) is 0 Å². The molecule has 0 aromatic heterocycles. The molecule has 1 heterocycles. The molecule has 0 unspecified atom stereocenters. The first-order valence-electron chi connectivity index (χ1n) is 3.39. The Kier molecular flexibility index (Phi) is 2.45. The predicted octanol–water partition coefficient (Wildman–Crippen LogP) is -0.606. The van der Waals surface area contributed by atoms with E-state index in [2.05, 4.69) is 22.6 Å². The van der Waals surface area contributed by atoms with Crippen molar-refractivity contribution >= 4 is 17.3 Å². The number of hydrogen-bond donors (Lipinski definition) is 2. The van der Waals surface area contributed by atoms with Gasteiger partial charge in [-0.2, -0.15) is 0 Å². The minimum Gasteiger partial charge on any atom is -0.366 e. The summed E-state index contributed by atoms with van der Waals surface area (Å²) in [4.78, 5) is 2.25. The van der Waals surface area contributed by atoms with Gasteiger partial charge in [0.25, 0.3) is 0 Å². The number of thiocarbonyl (C=S) groups is 1. The van der Waals surface area contributed by atoms with Crippen molar-refractivity contribution in [3.8, 4) is 0 Å². The lowest BCUT2D eigenvalue weighted by Crippen LogP contribution is -2.58. The monoisotopic (exact) mass is 159 g/mol. The molecule has 0 aromatic carbocycles. The molecular weight excluding hydrogens is 146 g/mol. The first kappa shape index (κ1) is 7.75. The van der Waals surface area contributed by atoms with E-state index in [1.165, 1.54) is 0 Å². The molecule has 1 aliphatic heterocycles. The van der Waals surface area contributed by atoms with Crippen LogP contribution in [-0.2, 0) is 0 Å². The van der Waals surface area contributed by atoms with Gasteiger partial charge < -0.3 is 15.5 Å². The zero-order valence-corrected chi connectivity index (χ0v) is 7.16. The largest absolute Gasteiger partial charge is 0.366 e. The molecule has 1 aliphatic rings. The van der Waals surface area contributed by atoms with Crippen molar-refractivity contribution in [1.82, 2.24) is 15.5 Å². The van der Waals surface area contributed by atoms with Crippen LogP contribution in [0, 0.1) is 0 Å². The van der Waals surface area contributed by atoms with Gasteiger partial charge in [-0.05, 0) is 19.3 Å². The zero-order chi connectivity index (χ0) is 7.56. The lowest BCUT2D eigenvalue weighted by molar-refractivity contribution is 0.178. The van der Waals surface area contributed by atoms with E-state index in [4.69, 9.17) is 12.2 Å². The Morgan fingerprint density at radius 1 is 1.60 bits per heavy atom. The van der Waals surface area contributed by atoms with Crippen LogP contribution in [-0.4, -0.2) is 43.2 Å². The van der Waals surface area contributed by atoms with E-state index >= 15 is 0 Å². The summed E-state index contributed by atoms with van der Waals surface area (Å²) < 4.78 is 0. The van der Waals surface area contributed by atoms with Crippen molar-refractivity contribution in [3.63, 3.8) is 0 Å². The van der Waals surface area contributed by atoms with E-state index in [1.807, 2.05) is 7.05 Å². The fraction of sp³-hybridized carbons (Fsp3) is 0.833. The topological polar surface area (TPSA) is 27.3 Å². The highest BCUT2D eigenvalue weighted by Crippen LogP contribution is 2.02. The lowest BCUT2D eigenvalue weighted by atomic mass is 10.1. The smallest absolute Gasteiger partial charge is 0.166 e. The summed E-state index contributed by atoms with van der Waals surface area (Å²) >= 11 is 4.93. The molecule has 1 saturated heterocycles. The first-order valence-corrected chi connectivity index (χ1v) is 3.80. The number of hydrogen-bond acceptors (Lipinski definition) is 2. The fourth-order valence-corrected chi connectivity index (χ4v) is 1.21. The average Bonchev–Trinajstić information content (AvgIpc) is 1.84. The van der Waals surface area contributed by atoms with Gasteiger partial charge in [-0.3, -0.25) is 0 Å². The Morgan fingerprint density at radius 3 is 2.60 bits per heavy atom. The second-order valence-corrected chi connectivity index (χ2v) is 3.05. The Hall–Kier alpha value is -0.350. The van der Waals surface area contributed by atoms with Crippen molar-refractivity contribution < 1.29 is 0 Å². The molecule has 10 heavy (non-hydrogen) atoms. The van der Waals surface area contributed by atoms with Crippen molar-refractivity contribution in [2.75, 3.05) is 27.2 Å². The van der Waals surface area contributed by atoms with Crippen LogP contribution in [0.15, 0.2) is 0 Å². The SMILES string of the molecule is CNC(=S)NC1CN(C)C1. The minimum absolute atomic E-state index is 0.560. The van der Waals surface area contributed by atoms with Crippen LogP contribution in [0.25, 0.3) is 0 Å². The van der Waals surface area contributed by atoms with Crippen molar-refractivity contribution in [2.45, 2.75) is 6.04 Å². The van der Waals surface area contributed by atoms with Crippen molar-refractivity contribution in [2.24, 2.45) is 0 Å². The van der Waals surface area contributed by atoms with Gasteiger partial charge in [-0.1, -0.05) is 0 Å². The summed E-state index contributed by atoms with van der Waals surface area (Å²) in [5, 5.41) is 6.80. The maximum absolute atomic E-state index is 4.93. The van der Waals surface area contributed by atoms with E-state index in [9.17, 15) is 0 Å². The summed E-state index contributed by atoms with van der Waals surface area (Å²) in [6.07, 6.45) is 0. The van der Waals surface area contributed by atoms with Gasteiger partial charge in [0.15, 0.2) is 5.11 Å². The summed E-state index contributed by atoms with van der Waals surface area (Å²) in [6, 6.07) is 0.560. The van der Waals surface area contributed by atoms with Gasteiger partial charge in [0.2, 0.25) is 0 Å². The molecule has 0 radical (unpaired) electrons. The highest BCUT2D eigenvalue weighted by atomic mass is 32.1. The third-order valence-corrected chi connectivity index (χ3v) is 1.95. The van der Waals surface area contributed by atoms with Gasteiger partial charge >= 0.3 is 0 Å². The molecule has 0 amide bonds. The summed E-state index contributed by atoms with van der Waals surface area (Å²) in [7, 11) is 3.93. The van der Waals surface area contributed by atoms with Gasteiger partial charge in [0, 0.05) is 20.1 Å². The molecule has 2 N–H and O–H groups in total. The summed E-state index contributed by atoms with van der Waals surface area (Å²) in [5.74, 6) is 0. The number of rotatable bonds is 1. The van der Waals surface area contributed by atoms with E-state index in [0.717, 1.165) is 18.2 Å². The van der Waals surface area contributed by atoms with Crippen LogP contribution in [0.5, 0.6) is 0 Å². The van der Waals surface area contributed by atoms with Gasteiger partial charge in [0.05, 0.1) is 6.04 Å². The Balaban J connectivity index is 2.10. The molecule has 0 saturated carbocycles. The fourth-order valence-electron chi connectivity index (χ4n) is 1.05. The van der Waals surface area contributed by atoms with Crippen LogP contribution < -0.4 is 10.6 Å². The van der Waals surface area contributed by atoms with E-state index < -0.39 is 0 Å². The zero-order valence-electron chi connectivity index (χ0n) is 6.35. The highest BCUT2D eigenvalue weighted by Gasteiger charge is 2.22. The van der Waals surface area contributed by atoms with E-state index in [-0.39, 0.29) is 0 Å². The van der Waals surface area contributed by atoms with Gasteiger partial charge in [0.1, 0.15) is 0 Å². The molecular formula is C6H13N3S. The quantitative estimate of drug-likeness (QED) is 0.499. The van der Waals surface area contributed by atoms with Gasteiger partial charge in [-0.25, -0.2) is 0 Å². The third kappa shape index (κ3) is 1.82. The van der Waals surface area contributed by atoms with Crippen LogP contribution in [0.3, 0.4) is 0 Å². The highest BCUT2D eigenvalue weighted by molar-refractivity contribution is 7.80.